The lowest BCUT2D eigenvalue weighted by atomic mass is 10.1. The van der Waals surface area contributed by atoms with Crippen LogP contribution in [-0.2, 0) is 23.6 Å². The Kier molecular flexibility index (Phi) is 5.74. The van der Waals surface area contributed by atoms with Crippen LogP contribution in [0, 0.1) is 0 Å². The molecule has 1 aromatic rings. The van der Waals surface area contributed by atoms with E-state index in [9.17, 15) is 18.5 Å². The molecule has 1 heterocycles. The van der Waals surface area contributed by atoms with Gasteiger partial charge in [-0.15, -0.1) is 0 Å². The number of carboxylic acids is 1. The highest BCUT2D eigenvalue weighted by molar-refractivity contribution is 7.62. The molecule has 1 fully saturated rings. The minimum Gasteiger partial charge on any atom is -0.479 e. The molecule has 4 atom stereocenters. The molecular weight excluding hydrogens is 342 g/mol. The summed E-state index contributed by atoms with van der Waals surface area (Å²) in [7, 11) is -2.61. The van der Waals surface area contributed by atoms with Gasteiger partial charge in [0, 0.05) is 0 Å². The van der Waals surface area contributed by atoms with Gasteiger partial charge in [0.1, 0.15) is 13.5 Å². The fraction of sp³-hybridized carbons (Fsp3) is 0.467. The van der Waals surface area contributed by atoms with Crippen LogP contribution >= 0.6 is 7.14 Å². The van der Waals surface area contributed by atoms with Gasteiger partial charge in [0.2, 0.25) is 0 Å². The van der Waals surface area contributed by atoms with Crippen molar-refractivity contribution in [2.75, 3.05) is 19.7 Å². The van der Waals surface area contributed by atoms with E-state index < -0.39 is 43.8 Å². The Morgan fingerprint density at radius 2 is 1.92 bits per heavy atom. The molecule has 0 aliphatic carbocycles. The number of hydrogen-bond acceptors (Lipinski definition) is 6. The third-order valence-corrected chi connectivity index (χ3v) is 3.97. The summed E-state index contributed by atoms with van der Waals surface area (Å²) in [5, 5.41) is 9.14. The van der Waals surface area contributed by atoms with E-state index in [2.05, 4.69) is 0 Å². The van der Waals surface area contributed by atoms with Crippen LogP contribution in [0.25, 0.3) is 0 Å². The molecule has 0 radical (unpaired) electrons. The zero-order chi connectivity index (χ0) is 17.9. The molecule has 0 spiro atoms. The van der Waals surface area contributed by atoms with Crippen LogP contribution in [0.2, 0.25) is 0 Å². The van der Waals surface area contributed by atoms with Gasteiger partial charge in [-0.25, -0.2) is 14.0 Å². The zero-order valence-electron chi connectivity index (χ0n) is 13.1. The molecule has 1 aliphatic heterocycles. The zero-order valence-corrected chi connectivity index (χ0v) is 14.0. The summed E-state index contributed by atoms with van der Waals surface area (Å²) in [6, 6.07) is 7.79. The minimum absolute atomic E-state index is 0.157. The second-order valence-electron chi connectivity index (χ2n) is 5.81. The highest BCUT2D eigenvalue weighted by Gasteiger charge is 2.52. The number of ether oxygens (including phenoxy) is 3. The number of carbonyl (C=O) groups excluding carboxylic acids is 1. The lowest BCUT2D eigenvalue weighted by Crippen LogP contribution is -2.38. The lowest BCUT2D eigenvalue weighted by Gasteiger charge is -2.17. The third kappa shape index (κ3) is 4.63. The summed E-state index contributed by atoms with van der Waals surface area (Å²) < 4.78 is 41.1. The molecular formula is C15H18FO7P. The Morgan fingerprint density at radius 1 is 1.29 bits per heavy atom. The van der Waals surface area contributed by atoms with Crippen LogP contribution in [0.3, 0.4) is 0 Å². The first-order valence-electron chi connectivity index (χ1n) is 7.13. The summed E-state index contributed by atoms with van der Waals surface area (Å²) in [4.78, 5) is 23.2. The molecule has 1 aliphatic rings. The number of hydrogen-bond donors (Lipinski definition) is 1. The van der Waals surface area contributed by atoms with Gasteiger partial charge in [0.15, 0.2) is 24.7 Å². The van der Waals surface area contributed by atoms with Crippen LogP contribution in [0.5, 0.6) is 0 Å². The first-order valence-corrected chi connectivity index (χ1v) is 9.91. The highest BCUT2D eigenvalue weighted by Crippen LogP contribution is 2.38. The van der Waals surface area contributed by atoms with E-state index in [0.717, 1.165) is 0 Å². The van der Waals surface area contributed by atoms with Crippen LogP contribution in [0.1, 0.15) is 10.4 Å². The number of rotatable bonds is 6. The standard InChI is InChI=1S/C15H18FO7P/c1-24(2,20)8-21-15-10(16)11(12(23-15)13(17)18)22-14(19)9-6-4-3-5-7-9/h3-7,10-12,15H,8H2,1-2H3,(H,17,18)/t10-,11+,12-,15-/m0/s1. The molecule has 7 nitrogen and oxygen atoms in total. The molecule has 1 aromatic carbocycles. The van der Waals surface area contributed by atoms with Crippen molar-refractivity contribution in [2.45, 2.75) is 24.7 Å². The van der Waals surface area contributed by atoms with Crippen LogP contribution in [0.4, 0.5) is 4.39 Å². The van der Waals surface area contributed by atoms with Crippen LogP contribution in [-0.4, -0.2) is 61.4 Å². The number of carbonyl (C=O) groups is 2. The van der Waals surface area contributed by atoms with Gasteiger partial charge < -0.3 is 23.9 Å². The van der Waals surface area contributed by atoms with E-state index in [1.807, 2.05) is 0 Å². The second-order valence-corrected chi connectivity index (χ2v) is 9.22. The Morgan fingerprint density at radius 3 is 2.46 bits per heavy atom. The number of esters is 1. The van der Waals surface area contributed by atoms with E-state index in [1.165, 1.54) is 25.5 Å². The number of carboxylic acid groups (broad SMARTS) is 1. The van der Waals surface area contributed by atoms with Gasteiger partial charge in [0.05, 0.1) is 5.56 Å². The van der Waals surface area contributed by atoms with Crippen molar-refractivity contribution in [3.63, 3.8) is 0 Å². The maximum atomic E-state index is 14.4. The van der Waals surface area contributed by atoms with Crippen LogP contribution in [0.15, 0.2) is 30.3 Å². The van der Waals surface area contributed by atoms with Crippen molar-refractivity contribution < 1.29 is 37.9 Å². The molecule has 24 heavy (non-hydrogen) atoms. The SMILES string of the molecule is CP(C)(=O)CO[C@H]1O[C@H](C(=O)O)[C@H](OC(=O)c2ccccc2)[C@@H]1F. The van der Waals surface area contributed by atoms with Crippen molar-refractivity contribution in [3.05, 3.63) is 35.9 Å². The highest BCUT2D eigenvalue weighted by atomic mass is 31.2. The molecule has 1 saturated heterocycles. The Hall–Kier alpha value is -1.76. The van der Waals surface area contributed by atoms with Crippen molar-refractivity contribution in [2.24, 2.45) is 0 Å². The monoisotopic (exact) mass is 360 g/mol. The van der Waals surface area contributed by atoms with Gasteiger partial charge in [0.25, 0.3) is 0 Å². The van der Waals surface area contributed by atoms with Gasteiger partial charge in [-0.2, -0.15) is 0 Å². The van der Waals surface area contributed by atoms with E-state index in [0.29, 0.717) is 0 Å². The molecule has 0 saturated carbocycles. The van der Waals surface area contributed by atoms with Crippen molar-refractivity contribution in [3.8, 4) is 0 Å². The van der Waals surface area contributed by atoms with E-state index in [-0.39, 0.29) is 11.9 Å². The lowest BCUT2D eigenvalue weighted by molar-refractivity contribution is -0.171. The molecule has 9 heteroatoms. The topological polar surface area (TPSA) is 99.1 Å². The predicted molar refractivity (Wildman–Crippen MR) is 82.2 cm³/mol. The maximum absolute atomic E-state index is 14.4. The number of aliphatic carboxylic acids is 1. The first kappa shape index (κ1) is 18.6. The second kappa shape index (κ2) is 7.42. The smallest absolute Gasteiger partial charge is 0.338 e. The third-order valence-electron chi connectivity index (χ3n) is 3.20. The Bertz CT molecular complexity index is 644. The van der Waals surface area contributed by atoms with Gasteiger partial charge >= 0.3 is 11.9 Å². The van der Waals surface area contributed by atoms with Crippen molar-refractivity contribution in [1.82, 2.24) is 0 Å². The number of halogens is 1. The molecule has 2 rings (SSSR count). The Labute approximate surface area is 138 Å². The van der Waals surface area contributed by atoms with Gasteiger partial charge in [-0.1, -0.05) is 18.2 Å². The summed E-state index contributed by atoms with van der Waals surface area (Å²) in [6.45, 7) is 2.88. The first-order chi connectivity index (χ1) is 11.2. The normalized spacial score (nSPS) is 27.0. The summed E-state index contributed by atoms with van der Waals surface area (Å²) in [5.41, 5.74) is 0.157. The van der Waals surface area contributed by atoms with Gasteiger partial charge in [-0.05, 0) is 25.5 Å². The van der Waals surface area contributed by atoms with E-state index in [4.69, 9.17) is 19.3 Å². The van der Waals surface area contributed by atoms with Crippen molar-refractivity contribution in [1.29, 1.82) is 0 Å². The number of alkyl halides is 1. The Balaban J connectivity index is 2.10. The minimum atomic E-state index is -2.61. The predicted octanol–water partition coefficient (Wildman–Crippen LogP) is 1.96. The van der Waals surface area contributed by atoms with Crippen molar-refractivity contribution >= 4 is 19.1 Å². The molecule has 132 valence electrons. The summed E-state index contributed by atoms with van der Waals surface area (Å²) in [6.07, 6.45) is -7.21. The fourth-order valence-corrected chi connectivity index (χ4v) is 2.60. The quantitative estimate of drug-likeness (QED) is 0.611. The number of benzene rings is 1. The summed E-state index contributed by atoms with van der Waals surface area (Å²) >= 11 is 0. The molecule has 1 N–H and O–H groups in total. The molecule has 0 amide bonds. The largest absolute Gasteiger partial charge is 0.479 e. The maximum Gasteiger partial charge on any atom is 0.338 e. The van der Waals surface area contributed by atoms with Gasteiger partial charge in [-0.3, -0.25) is 0 Å². The molecule has 0 bridgehead atoms. The average Bonchev–Trinajstić information content (AvgIpc) is 2.82. The fourth-order valence-electron chi connectivity index (χ4n) is 2.09. The van der Waals surface area contributed by atoms with E-state index >= 15 is 0 Å². The van der Waals surface area contributed by atoms with E-state index in [1.54, 1.807) is 18.2 Å². The molecule has 0 aromatic heterocycles. The average molecular weight is 360 g/mol. The molecule has 0 unspecified atom stereocenters. The van der Waals surface area contributed by atoms with Crippen LogP contribution < -0.4 is 0 Å². The summed E-state index contributed by atoms with van der Waals surface area (Å²) in [5.74, 6) is -2.35.